The Morgan fingerprint density at radius 2 is 1.74 bits per heavy atom. The fourth-order valence-electron chi connectivity index (χ4n) is 3.57. The first-order chi connectivity index (χ1) is 14.7. The number of ether oxygens (including phenoxy) is 1. The van der Waals surface area contributed by atoms with Crippen LogP contribution in [-0.2, 0) is 6.54 Å². The Morgan fingerprint density at radius 3 is 2.39 bits per heavy atom. The molecule has 3 rings (SSSR count). The zero-order valence-corrected chi connectivity index (χ0v) is 20.6. The number of aliphatic imine (C=N–C) groups is 1. The standard InChI is InChI=1S/C23H32FN5O.HI/c1-25-23(27-18-19-6-3-4-7-22(19)24)26-12-5-13-28-14-16-29(17-15-28)20-8-10-21(30-2)11-9-20;/h3-4,6-11H,5,12-18H2,1-2H3,(H2,25,26,27);1H. The SMILES string of the molecule is CN=C(NCCCN1CCN(c2ccc(OC)cc2)CC1)NCc1ccccc1F.I. The Labute approximate surface area is 201 Å². The van der Waals surface area contributed by atoms with Gasteiger partial charge in [0.15, 0.2) is 5.96 Å². The van der Waals surface area contributed by atoms with Crippen LogP contribution < -0.4 is 20.3 Å². The molecule has 31 heavy (non-hydrogen) atoms. The molecule has 1 aliphatic heterocycles. The zero-order chi connectivity index (χ0) is 21.2. The van der Waals surface area contributed by atoms with Crippen molar-refractivity contribution in [3.05, 3.63) is 59.9 Å². The molecule has 0 aromatic heterocycles. The summed E-state index contributed by atoms with van der Waals surface area (Å²) in [6.07, 6.45) is 1.03. The van der Waals surface area contributed by atoms with E-state index in [1.807, 2.05) is 18.2 Å². The average molecular weight is 541 g/mol. The van der Waals surface area contributed by atoms with Crippen LogP contribution in [0, 0.1) is 5.82 Å². The number of nitrogens with zero attached hydrogens (tertiary/aromatic N) is 3. The number of methoxy groups -OCH3 is 1. The van der Waals surface area contributed by atoms with E-state index in [-0.39, 0.29) is 29.8 Å². The van der Waals surface area contributed by atoms with Crippen molar-refractivity contribution in [1.29, 1.82) is 0 Å². The molecular weight excluding hydrogens is 508 g/mol. The molecule has 1 fully saturated rings. The lowest BCUT2D eigenvalue weighted by molar-refractivity contribution is 0.255. The van der Waals surface area contributed by atoms with Crippen LogP contribution in [0.1, 0.15) is 12.0 Å². The van der Waals surface area contributed by atoms with E-state index in [9.17, 15) is 4.39 Å². The van der Waals surface area contributed by atoms with Crippen molar-refractivity contribution in [2.75, 3.05) is 58.3 Å². The molecule has 0 radical (unpaired) electrons. The second-order valence-corrected chi connectivity index (χ2v) is 7.32. The minimum Gasteiger partial charge on any atom is -0.497 e. The first kappa shape index (κ1) is 25.2. The summed E-state index contributed by atoms with van der Waals surface area (Å²) in [5.41, 5.74) is 1.89. The van der Waals surface area contributed by atoms with Crippen molar-refractivity contribution in [3.63, 3.8) is 0 Å². The van der Waals surface area contributed by atoms with E-state index >= 15 is 0 Å². The molecule has 8 heteroatoms. The van der Waals surface area contributed by atoms with Gasteiger partial charge in [-0.1, -0.05) is 18.2 Å². The molecule has 2 aromatic carbocycles. The molecule has 0 spiro atoms. The molecule has 0 bridgehead atoms. The zero-order valence-electron chi connectivity index (χ0n) is 18.3. The average Bonchev–Trinajstić information content (AvgIpc) is 2.80. The van der Waals surface area contributed by atoms with E-state index in [1.165, 1.54) is 11.8 Å². The number of benzene rings is 2. The molecule has 0 unspecified atom stereocenters. The van der Waals surface area contributed by atoms with Crippen molar-refractivity contribution >= 4 is 35.6 Å². The Bertz CT molecular complexity index is 810. The minimum atomic E-state index is -0.200. The summed E-state index contributed by atoms with van der Waals surface area (Å²) in [5, 5.41) is 6.48. The fourth-order valence-corrected chi connectivity index (χ4v) is 3.57. The molecule has 2 aromatic rings. The summed E-state index contributed by atoms with van der Waals surface area (Å²) in [4.78, 5) is 9.13. The lowest BCUT2D eigenvalue weighted by Crippen LogP contribution is -2.47. The summed E-state index contributed by atoms with van der Waals surface area (Å²) in [6.45, 7) is 6.49. The van der Waals surface area contributed by atoms with Crippen molar-refractivity contribution in [3.8, 4) is 5.75 Å². The third-order valence-electron chi connectivity index (χ3n) is 5.38. The van der Waals surface area contributed by atoms with E-state index in [2.05, 4.69) is 37.6 Å². The van der Waals surface area contributed by atoms with Crippen molar-refractivity contribution in [2.45, 2.75) is 13.0 Å². The summed E-state index contributed by atoms with van der Waals surface area (Å²) < 4.78 is 18.9. The lowest BCUT2D eigenvalue weighted by Gasteiger charge is -2.36. The molecule has 170 valence electrons. The topological polar surface area (TPSA) is 52.1 Å². The Hall–Kier alpha value is -2.07. The molecule has 0 atom stereocenters. The van der Waals surface area contributed by atoms with Crippen LogP contribution in [-0.4, -0.2) is 64.3 Å². The Balaban J connectivity index is 0.00000341. The summed E-state index contributed by atoms with van der Waals surface area (Å²) in [5.74, 6) is 1.39. The first-order valence-electron chi connectivity index (χ1n) is 10.5. The largest absolute Gasteiger partial charge is 0.497 e. The van der Waals surface area contributed by atoms with Crippen LogP contribution in [0.15, 0.2) is 53.5 Å². The van der Waals surface area contributed by atoms with Gasteiger partial charge in [0.2, 0.25) is 0 Å². The molecule has 1 aliphatic rings. The van der Waals surface area contributed by atoms with Crippen molar-refractivity contribution in [2.24, 2.45) is 4.99 Å². The molecule has 0 aliphatic carbocycles. The first-order valence-corrected chi connectivity index (χ1v) is 10.5. The van der Waals surface area contributed by atoms with E-state index in [1.54, 1.807) is 26.3 Å². The van der Waals surface area contributed by atoms with Gasteiger partial charge in [0.25, 0.3) is 0 Å². The molecule has 0 amide bonds. The van der Waals surface area contributed by atoms with Gasteiger partial charge in [0.1, 0.15) is 11.6 Å². The number of hydrogen-bond acceptors (Lipinski definition) is 4. The van der Waals surface area contributed by atoms with Crippen molar-refractivity contribution < 1.29 is 9.13 Å². The smallest absolute Gasteiger partial charge is 0.191 e. The lowest BCUT2D eigenvalue weighted by atomic mass is 10.2. The molecule has 2 N–H and O–H groups in total. The van der Waals surface area contributed by atoms with Crippen LogP contribution >= 0.6 is 24.0 Å². The quantitative estimate of drug-likeness (QED) is 0.233. The normalized spacial score (nSPS) is 14.7. The van der Waals surface area contributed by atoms with Gasteiger partial charge in [-0.3, -0.25) is 9.89 Å². The minimum absolute atomic E-state index is 0. The maximum absolute atomic E-state index is 13.7. The van der Waals surface area contributed by atoms with Gasteiger partial charge in [0.05, 0.1) is 7.11 Å². The van der Waals surface area contributed by atoms with Gasteiger partial charge in [-0.25, -0.2) is 4.39 Å². The van der Waals surface area contributed by atoms with Gasteiger partial charge in [-0.15, -0.1) is 24.0 Å². The Kier molecular flexibility index (Phi) is 10.9. The number of piperazine rings is 1. The molecular formula is C23H33FIN5O. The van der Waals surface area contributed by atoms with Gasteiger partial charge in [-0.2, -0.15) is 0 Å². The number of guanidine groups is 1. The van der Waals surface area contributed by atoms with Gasteiger partial charge < -0.3 is 20.3 Å². The monoisotopic (exact) mass is 541 g/mol. The maximum Gasteiger partial charge on any atom is 0.191 e. The van der Waals surface area contributed by atoms with Crippen molar-refractivity contribution in [1.82, 2.24) is 15.5 Å². The fraction of sp³-hybridized carbons (Fsp3) is 0.435. The number of rotatable bonds is 8. The number of anilines is 1. The molecule has 1 heterocycles. The second-order valence-electron chi connectivity index (χ2n) is 7.32. The summed E-state index contributed by atoms with van der Waals surface area (Å²) in [7, 11) is 3.42. The third-order valence-corrected chi connectivity index (χ3v) is 5.38. The predicted octanol–water partition coefficient (Wildman–Crippen LogP) is 3.33. The van der Waals surface area contributed by atoms with Gasteiger partial charge in [0, 0.05) is 57.6 Å². The van der Waals surface area contributed by atoms with Crippen LogP contribution in [0.2, 0.25) is 0 Å². The highest BCUT2D eigenvalue weighted by molar-refractivity contribution is 14.0. The number of halogens is 2. The van der Waals surface area contributed by atoms with Gasteiger partial charge in [-0.05, 0) is 43.3 Å². The Morgan fingerprint density at radius 1 is 1.03 bits per heavy atom. The van der Waals surface area contributed by atoms with Gasteiger partial charge >= 0.3 is 0 Å². The number of hydrogen-bond donors (Lipinski definition) is 2. The van der Waals surface area contributed by atoms with Crippen LogP contribution in [0.4, 0.5) is 10.1 Å². The predicted molar refractivity (Wildman–Crippen MR) is 136 cm³/mol. The van der Waals surface area contributed by atoms with E-state index < -0.39 is 0 Å². The van der Waals surface area contributed by atoms with E-state index in [0.29, 0.717) is 18.1 Å². The van der Waals surface area contributed by atoms with Crippen LogP contribution in [0.25, 0.3) is 0 Å². The molecule has 0 saturated carbocycles. The highest BCUT2D eigenvalue weighted by Gasteiger charge is 2.16. The number of nitrogens with one attached hydrogen (secondary N) is 2. The second kappa shape index (κ2) is 13.4. The summed E-state index contributed by atoms with van der Waals surface area (Å²) >= 11 is 0. The van der Waals surface area contributed by atoms with Crippen LogP contribution in [0.5, 0.6) is 5.75 Å². The third kappa shape index (κ3) is 7.84. The summed E-state index contributed by atoms with van der Waals surface area (Å²) in [6, 6.07) is 15.1. The molecule has 6 nitrogen and oxygen atoms in total. The van der Waals surface area contributed by atoms with Crippen LogP contribution in [0.3, 0.4) is 0 Å². The maximum atomic E-state index is 13.7. The highest BCUT2D eigenvalue weighted by Crippen LogP contribution is 2.20. The van der Waals surface area contributed by atoms with E-state index in [4.69, 9.17) is 4.74 Å². The van der Waals surface area contributed by atoms with E-state index in [0.717, 1.165) is 51.4 Å². The molecule has 1 saturated heterocycles. The highest BCUT2D eigenvalue weighted by atomic mass is 127.